The Balaban J connectivity index is 2.32. The van der Waals surface area contributed by atoms with Crippen molar-refractivity contribution in [2.75, 3.05) is 20.8 Å². The summed E-state index contributed by atoms with van der Waals surface area (Å²) in [4.78, 5) is 11.9. The molecule has 0 aromatic heterocycles. The van der Waals surface area contributed by atoms with E-state index in [-0.39, 0.29) is 24.0 Å². The quantitative estimate of drug-likeness (QED) is 0.835. The molecule has 5 atom stereocenters. The highest BCUT2D eigenvalue weighted by Gasteiger charge is 2.58. The fourth-order valence-electron chi connectivity index (χ4n) is 3.90. The molecule has 1 amide bonds. The molecule has 1 spiro atoms. The van der Waals surface area contributed by atoms with Crippen molar-refractivity contribution in [3.05, 3.63) is 0 Å². The summed E-state index contributed by atoms with van der Waals surface area (Å²) >= 11 is 0. The Morgan fingerprint density at radius 1 is 1.45 bits per heavy atom. The van der Waals surface area contributed by atoms with Crippen LogP contribution < -0.4 is 5.32 Å². The molecule has 0 aromatic rings. The molecule has 2 rings (SSSR count). The number of carbonyl (C=O) groups is 1. The van der Waals surface area contributed by atoms with Crippen LogP contribution in [0.4, 0.5) is 0 Å². The number of hydrogen-bond donors (Lipinski definition) is 1. The molecule has 2 fully saturated rings. The third kappa shape index (κ3) is 2.71. The van der Waals surface area contributed by atoms with Crippen molar-refractivity contribution < 1.29 is 19.0 Å². The first-order chi connectivity index (χ1) is 9.57. The van der Waals surface area contributed by atoms with Crippen LogP contribution in [0, 0.1) is 11.8 Å². The zero-order chi connectivity index (χ0) is 14.8. The van der Waals surface area contributed by atoms with Crippen LogP contribution in [0.2, 0.25) is 0 Å². The van der Waals surface area contributed by atoms with Gasteiger partial charge in [0.1, 0.15) is 6.10 Å². The molecule has 0 aromatic carbocycles. The van der Waals surface area contributed by atoms with E-state index in [0.717, 1.165) is 19.3 Å². The van der Waals surface area contributed by atoms with Gasteiger partial charge in [-0.15, -0.1) is 0 Å². The second-order valence-electron chi connectivity index (χ2n) is 6.04. The molecule has 5 heteroatoms. The highest BCUT2D eigenvalue weighted by atomic mass is 16.6. The normalized spacial score (nSPS) is 41.1. The summed E-state index contributed by atoms with van der Waals surface area (Å²) < 4.78 is 17.2. The van der Waals surface area contributed by atoms with Crippen LogP contribution in [0.5, 0.6) is 0 Å². The summed E-state index contributed by atoms with van der Waals surface area (Å²) in [5.41, 5.74) is -0.723. The maximum Gasteiger partial charge on any atom is 0.225 e. The second-order valence-corrected chi connectivity index (χ2v) is 6.04. The van der Waals surface area contributed by atoms with E-state index in [4.69, 9.17) is 14.2 Å². The molecule has 0 radical (unpaired) electrons. The summed E-state index contributed by atoms with van der Waals surface area (Å²) in [5.74, 6) is 0.627. The van der Waals surface area contributed by atoms with Crippen LogP contribution in [0.1, 0.15) is 39.5 Å². The third-order valence-electron chi connectivity index (χ3n) is 4.62. The monoisotopic (exact) mass is 285 g/mol. The smallest absolute Gasteiger partial charge is 0.225 e. The molecule has 2 heterocycles. The van der Waals surface area contributed by atoms with E-state index >= 15 is 0 Å². The van der Waals surface area contributed by atoms with Crippen molar-refractivity contribution in [3.63, 3.8) is 0 Å². The van der Waals surface area contributed by atoms with E-state index < -0.39 is 5.72 Å². The van der Waals surface area contributed by atoms with Gasteiger partial charge in [-0.25, -0.2) is 0 Å². The predicted molar refractivity (Wildman–Crippen MR) is 75.2 cm³/mol. The Labute approximate surface area is 121 Å². The molecule has 20 heavy (non-hydrogen) atoms. The Morgan fingerprint density at radius 2 is 2.20 bits per heavy atom. The summed E-state index contributed by atoms with van der Waals surface area (Å²) in [6.45, 7) is 4.85. The van der Waals surface area contributed by atoms with E-state index in [1.807, 2.05) is 0 Å². The first-order valence-electron chi connectivity index (χ1n) is 7.57. The van der Waals surface area contributed by atoms with E-state index in [1.165, 1.54) is 0 Å². The van der Waals surface area contributed by atoms with Gasteiger partial charge in [0.2, 0.25) is 5.91 Å². The van der Waals surface area contributed by atoms with Gasteiger partial charge in [0.15, 0.2) is 5.72 Å². The lowest BCUT2D eigenvalue weighted by Crippen LogP contribution is -2.64. The van der Waals surface area contributed by atoms with Crippen molar-refractivity contribution in [1.82, 2.24) is 5.32 Å². The van der Waals surface area contributed by atoms with Crippen molar-refractivity contribution in [2.45, 2.75) is 57.5 Å². The van der Waals surface area contributed by atoms with Gasteiger partial charge in [-0.3, -0.25) is 4.79 Å². The minimum Gasteiger partial charge on any atom is -0.384 e. The Morgan fingerprint density at radius 3 is 2.80 bits per heavy atom. The number of methoxy groups -OCH3 is 2. The van der Waals surface area contributed by atoms with Crippen molar-refractivity contribution in [2.24, 2.45) is 11.8 Å². The fourth-order valence-corrected chi connectivity index (χ4v) is 3.90. The fraction of sp³-hybridized carbons (Fsp3) is 0.933. The van der Waals surface area contributed by atoms with E-state index in [9.17, 15) is 4.79 Å². The number of carbonyl (C=O) groups excluding carboxylic acids is 1. The van der Waals surface area contributed by atoms with Crippen molar-refractivity contribution >= 4 is 5.91 Å². The van der Waals surface area contributed by atoms with Crippen LogP contribution >= 0.6 is 0 Å². The largest absolute Gasteiger partial charge is 0.384 e. The molecule has 2 saturated heterocycles. The maximum atomic E-state index is 11.9. The average Bonchev–Trinajstić information content (AvgIpc) is 2.70. The summed E-state index contributed by atoms with van der Waals surface area (Å²) in [5, 5.41) is 3.06. The minimum absolute atomic E-state index is 0.00213. The van der Waals surface area contributed by atoms with Crippen LogP contribution in [0.3, 0.4) is 0 Å². The number of amides is 1. The molecule has 116 valence electrons. The average molecular weight is 285 g/mol. The second kappa shape index (κ2) is 6.41. The molecule has 2 aliphatic heterocycles. The van der Waals surface area contributed by atoms with Gasteiger partial charge >= 0.3 is 0 Å². The van der Waals surface area contributed by atoms with Gasteiger partial charge in [-0.05, 0) is 19.3 Å². The van der Waals surface area contributed by atoms with E-state index in [2.05, 4.69) is 19.2 Å². The summed E-state index contributed by atoms with van der Waals surface area (Å²) in [6.07, 6.45) is 3.50. The van der Waals surface area contributed by atoms with Gasteiger partial charge in [-0.2, -0.15) is 0 Å². The van der Waals surface area contributed by atoms with Crippen LogP contribution in [-0.2, 0) is 19.0 Å². The lowest BCUT2D eigenvalue weighted by atomic mass is 9.74. The molecule has 5 nitrogen and oxygen atoms in total. The highest BCUT2D eigenvalue weighted by Crippen LogP contribution is 2.44. The number of rotatable bonds is 5. The van der Waals surface area contributed by atoms with Crippen molar-refractivity contribution in [1.29, 1.82) is 0 Å². The van der Waals surface area contributed by atoms with Crippen LogP contribution in [-0.4, -0.2) is 44.7 Å². The zero-order valence-electron chi connectivity index (χ0n) is 13.0. The van der Waals surface area contributed by atoms with Crippen LogP contribution in [0.15, 0.2) is 0 Å². The molecule has 1 N–H and O–H groups in total. The molecule has 0 aliphatic carbocycles. The first-order valence-corrected chi connectivity index (χ1v) is 7.57. The SMILES string of the molecule is CCC[C@H]1C[C@H](C)O[C@]2(NC(=O)C[C@H]2OC)[C@@H]1COC. The zero-order valence-corrected chi connectivity index (χ0v) is 13.0. The number of nitrogens with one attached hydrogen (secondary N) is 1. The topological polar surface area (TPSA) is 56.8 Å². The standard InChI is InChI=1S/C15H27NO4/c1-5-6-11-7-10(2)20-15(12(11)9-18-3)13(19-4)8-14(17)16-15/h10-13H,5-9H2,1-4H3,(H,16,17)/t10-,11-,12+,13+,15+/m0/s1. The summed E-state index contributed by atoms with van der Waals surface area (Å²) in [6, 6.07) is 0. The number of ether oxygens (including phenoxy) is 3. The molecular formula is C15H27NO4. The molecular weight excluding hydrogens is 258 g/mol. The van der Waals surface area contributed by atoms with E-state index in [1.54, 1.807) is 14.2 Å². The lowest BCUT2D eigenvalue weighted by molar-refractivity contribution is -0.238. The minimum atomic E-state index is -0.723. The lowest BCUT2D eigenvalue weighted by Gasteiger charge is -2.50. The van der Waals surface area contributed by atoms with Crippen molar-refractivity contribution in [3.8, 4) is 0 Å². The molecule has 2 aliphatic rings. The Kier molecular flexibility index (Phi) is 5.04. The predicted octanol–water partition coefficient (Wildman–Crippen LogP) is 1.71. The number of hydrogen-bond acceptors (Lipinski definition) is 4. The molecule has 0 unspecified atom stereocenters. The first kappa shape index (κ1) is 15.7. The third-order valence-corrected chi connectivity index (χ3v) is 4.62. The van der Waals surface area contributed by atoms with Crippen LogP contribution in [0.25, 0.3) is 0 Å². The maximum absolute atomic E-state index is 11.9. The Bertz CT molecular complexity index is 349. The highest BCUT2D eigenvalue weighted by molar-refractivity contribution is 5.80. The summed E-state index contributed by atoms with van der Waals surface area (Å²) in [7, 11) is 3.35. The Hall–Kier alpha value is -0.650. The molecule has 0 saturated carbocycles. The van der Waals surface area contributed by atoms with E-state index in [0.29, 0.717) is 18.9 Å². The van der Waals surface area contributed by atoms with Gasteiger partial charge in [0.25, 0.3) is 0 Å². The van der Waals surface area contributed by atoms with Gasteiger partial charge < -0.3 is 19.5 Å². The molecule has 0 bridgehead atoms. The van der Waals surface area contributed by atoms with Gasteiger partial charge in [0, 0.05) is 20.1 Å². The van der Waals surface area contributed by atoms with Gasteiger partial charge in [0.05, 0.1) is 19.1 Å². The van der Waals surface area contributed by atoms with Gasteiger partial charge in [-0.1, -0.05) is 19.8 Å².